The summed E-state index contributed by atoms with van der Waals surface area (Å²) in [5.41, 5.74) is 2.13. The number of nitrogens with zero attached hydrogens (tertiary/aromatic N) is 1. The Labute approximate surface area is 129 Å². The molecule has 116 valence electrons. The van der Waals surface area contributed by atoms with Crippen molar-refractivity contribution in [2.45, 2.75) is 18.7 Å². The van der Waals surface area contributed by atoms with E-state index in [2.05, 4.69) is 0 Å². The smallest absolute Gasteiger partial charge is 0.335 e. The molecule has 0 aliphatic heterocycles. The van der Waals surface area contributed by atoms with E-state index < -0.39 is 16.0 Å². The zero-order chi connectivity index (χ0) is 16.5. The number of rotatable bonds is 4. The van der Waals surface area contributed by atoms with Crippen LogP contribution in [0.1, 0.15) is 21.5 Å². The summed E-state index contributed by atoms with van der Waals surface area (Å²) in [5.74, 6) is -1.04. The molecule has 0 atom stereocenters. The lowest BCUT2D eigenvalue weighted by molar-refractivity contribution is 0.0697. The van der Waals surface area contributed by atoms with Crippen LogP contribution in [0.2, 0.25) is 0 Å². The lowest BCUT2D eigenvalue weighted by Crippen LogP contribution is -2.27. The molecule has 2 rings (SSSR count). The normalized spacial score (nSPS) is 11.2. The van der Waals surface area contributed by atoms with Crippen LogP contribution in [0.15, 0.2) is 47.4 Å². The molecule has 0 aliphatic carbocycles. The van der Waals surface area contributed by atoms with E-state index in [-0.39, 0.29) is 10.5 Å². The van der Waals surface area contributed by atoms with Crippen LogP contribution >= 0.6 is 0 Å². The molecule has 22 heavy (non-hydrogen) atoms. The minimum Gasteiger partial charge on any atom is -0.478 e. The second-order valence-corrected chi connectivity index (χ2v) is 7.06. The molecule has 0 fully saturated rings. The van der Waals surface area contributed by atoms with Gasteiger partial charge in [-0.3, -0.25) is 4.31 Å². The van der Waals surface area contributed by atoms with Crippen LogP contribution in [0, 0.1) is 13.8 Å². The monoisotopic (exact) mass is 319 g/mol. The SMILES string of the molecule is Cc1ccc(S(=O)(=O)N(C)c2ccc(C(=O)O)cc2C)cc1. The second-order valence-electron chi connectivity index (χ2n) is 5.09. The minimum atomic E-state index is -3.68. The number of carboxylic acid groups (broad SMARTS) is 1. The Morgan fingerprint density at radius 1 is 1.05 bits per heavy atom. The van der Waals surface area contributed by atoms with Crippen molar-refractivity contribution in [1.82, 2.24) is 0 Å². The molecule has 0 amide bonds. The van der Waals surface area contributed by atoms with Crippen LogP contribution in [-0.4, -0.2) is 26.5 Å². The molecule has 2 aromatic rings. The van der Waals surface area contributed by atoms with Gasteiger partial charge >= 0.3 is 5.97 Å². The molecule has 5 nitrogen and oxygen atoms in total. The van der Waals surface area contributed by atoms with Crippen LogP contribution in [0.5, 0.6) is 0 Å². The van der Waals surface area contributed by atoms with Crippen molar-refractivity contribution in [2.24, 2.45) is 0 Å². The predicted octanol–water partition coefficient (Wildman–Crippen LogP) is 2.83. The van der Waals surface area contributed by atoms with Crippen molar-refractivity contribution in [3.8, 4) is 0 Å². The standard InChI is InChI=1S/C16H17NO4S/c1-11-4-7-14(8-5-11)22(20,21)17(3)15-9-6-13(16(18)19)10-12(15)2/h4-10H,1-3H3,(H,18,19). The molecule has 0 radical (unpaired) electrons. The van der Waals surface area contributed by atoms with Gasteiger partial charge in [0.2, 0.25) is 0 Å². The van der Waals surface area contributed by atoms with Crippen molar-refractivity contribution in [3.63, 3.8) is 0 Å². The molecule has 1 N–H and O–H groups in total. The number of carbonyl (C=O) groups is 1. The highest BCUT2D eigenvalue weighted by atomic mass is 32.2. The zero-order valence-corrected chi connectivity index (χ0v) is 13.4. The Morgan fingerprint density at radius 3 is 2.14 bits per heavy atom. The Hall–Kier alpha value is -2.34. The van der Waals surface area contributed by atoms with Gasteiger partial charge in [0.1, 0.15) is 0 Å². The number of carboxylic acids is 1. The Balaban J connectivity index is 2.44. The van der Waals surface area contributed by atoms with E-state index in [1.54, 1.807) is 31.2 Å². The second kappa shape index (κ2) is 5.81. The summed E-state index contributed by atoms with van der Waals surface area (Å²) in [5, 5.41) is 8.97. The van der Waals surface area contributed by atoms with Crippen LogP contribution in [0.25, 0.3) is 0 Å². The zero-order valence-electron chi connectivity index (χ0n) is 12.6. The molecule has 0 bridgehead atoms. The van der Waals surface area contributed by atoms with Crippen molar-refractivity contribution < 1.29 is 18.3 Å². The van der Waals surface area contributed by atoms with Crippen LogP contribution in [-0.2, 0) is 10.0 Å². The number of anilines is 1. The third-order valence-corrected chi connectivity index (χ3v) is 5.25. The largest absolute Gasteiger partial charge is 0.478 e. The number of hydrogen-bond donors (Lipinski definition) is 1. The van der Waals surface area contributed by atoms with E-state index in [1.807, 2.05) is 6.92 Å². The van der Waals surface area contributed by atoms with E-state index in [0.29, 0.717) is 11.3 Å². The molecule has 0 unspecified atom stereocenters. The molecule has 0 spiro atoms. The third-order valence-electron chi connectivity index (χ3n) is 3.46. The number of sulfonamides is 1. The first kappa shape index (κ1) is 16.0. The van der Waals surface area contributed by atoms with E-state index in [0.717, 1.165) is 5.56 Å². The van der Waals surface area contributed by atoms with E-state index in [1.165, 1.54) is 29.6 Å². The van der Waals surface area contributed by atoms with Gasteiger partial charge in [-0.1, -0.05) is 17.7 Å². The molecular formula is C16H17NO4S. The lowest BCUT2D eigenvalue weighted by Gasteiger charge is -2.21. The average Bonchev–Trinajstić information content (AvgIpc) is 2.46. The van der Waals surface area contributed by atoms with Gasteiger partial charge in [-0.15, -0.1) is 0 Å². The van der Waals surface area contributed by atoms with Gasteiger partial charge in [-0.25, -0.2) is 13.2 Å². The number of aromatic carboxylic acids is 1. The molecule has 0 saturated carbocycles. The highest BCUT2D eigenvalue weighted by Gasteiger charge is 2.22. The number of aryl methyl sites for hydroxylation is 2. The minimum absolute atomic E-state index is 0.127. The number of benzene rings is 2. The fraction of sp³-hybridized carbons (Fsp3) is 0.188. The average molecular weight is 319 g/mol. The molecule has 0 aromatic heterocycles. The summed E-state index contributed by atoms with van der Waals surface area (Å²) < 4.78 is 26.4. The lowest BCUT2D eigenvalue weighted by atomic mass is 10.1. The summed E-state index contributed by atoms with van der Waals surface area (Å²) in [7, 11) is -2.22. The quantitative estimate of drug-likeness (QED) is 0.940. The summed E-state index contributed by atoms with van der Waals surface area (Å²) >= 11 is 0. The topological polar surface area (TPSA) is 74.7 Å². The Kier molecular flexibility index (Phi) is 4.23. The highest BCUT2D eigenvalue weighted by molar-refractivity contribution is 7.92. The first-order chi connectivity index (χ1) is 10.2. The maximum atomic E-state index is 12.6. The van der Waals surface area contributed by atoms with Gasteiger partial charge in [-0.05, 0) is 49.7 Å². The summed E-state index contributed by atoms with van der Waals surface area (Å²) in [6.45, 7) is 3.57. The fourth-order valence-corrected chi connectivity index (χ4v) is 3.40. The van der Waals surface area contributed by atoms with Crippen LogP contribution in [0.3, 0.4) is 0 Å². The molecule has 0 aliphatic rings. The first-order valence-electron chi connectivity index (χ1n) is 6.63. The molecule has 0 saturated heterocycles. The maximum absolute atomic E-state index is 12.6. The van der Waals surface area contributed by atoms with Gasteiger partial charge in [-0.2, -0.15) is 0 Å². The van der Waals surface area contributed by atoms with Crippen LogP contribution in [0.4, 0.5) is 5.69 Å². The van der Waals surface area contributed by atoms with Gasteiger partial charge in [0.25, 0.3) is 10.0 Å². The van der Waals surface area contributed by atoms with E-state index in [9.17, 15) is 13.2 Å². The van der Waals surface area contributed by atoms with E-state index in [4.69, 9.17) is 5.11 Å². The molecule has 0 heterocycles. The van der Waals surface area contributed by atoms with Gasteiger partial charge in [0, 0.05) is 7.05 Å². The number of hydrogen-bond acceptors (Lipinski definition) is 3. The fourth-order valence-electron chi connectivity index (χ4n) is 2.14. The summed E-state index contributed by atoms with van der Waals surface area (Å²) in [4.78, 5) is 11.1. The summed E-state index contributed by atoms with van der Waals surface area (Å²) in [6, 6.07) is 10.9. The van der Waals surface area contributed by atoms with Crippen molar-refractivity contribution in [2.75, 3.05) is 11.4 Å². The van der Waals surface area contributed by atoms with E-state index >= 15 is 0 Å². The molecule has 2 aromatic carbocycles. The van der Waals surface area contributed by atoms with Crippen molar-refractivity contribution >= 4 is 21.7 Å². The maximum Gasteiger partial charge on any atom is 0.335 e. The Bertz CT molecular complexity index is 811. The Morgan fingerprint density at radius 2 is 1.64 bits per heavy atom. The first-order valence-corrected chi connectivity index (χ1v) is 8.07. The predicted molar refractivity (Wildman–Crippen MR) is 84.9 cm³/mol. The molecular weight excluding hydrogens is 302 g/mol. The van der Waals surface area contributed by atoms with Gasteiger partial charge in [0.15, 0.2) is 0 Å². The van der Waals surface area contributed by atoms with Crippen molar-refractivity contribution in [3.05, 3.63) is 59.2 Å². The van der Waals surface area contributed by atoms with Crippen molar-refractivity contribution in [1.29, 1.82) is 0 Å². The van der Waals surface area contributed by atoms with Crippen LogP contribution < -0.4 is 4.31 Å². The molecule has 6 heteroatoms. The van der Waals surface area contributed by atoms with Gasteiger partial charge < -0.3 is 5.11 Å². The third kappa shape index (κ3) is 2.96. The van der Waals surface area contributed by atoms with Gasteiger partial charge in [0.05, 0.1) is 16.1 Å². The highest BCUT2D eigenvalue weighted by Crippen LogP contribution is 2.26. The summed E-state index contributed by atoms with van der Waals surface area (Å²) in [6.07, 6.45) is 0.